The van der Waals surface area contributed by atoms with Crippen LogP contribution in [0.25, 0.3) is 0 Å². The molecule has 2 rings (SSSR count). The fourth-order valence-electron chi connectivity index (χ4n) is 2.17. The number of halogens is 2. The molecule has 0 saturated carbocycles. The summed E-state index contributed by atoms with van der Waals surface area (Å²) in [7, 11) is 1.69. The van der Waals surface area contributed by atoms with Gasteiger partial charge in [-0.3, -0.25) is 9.69 Å². The molecule has 0 spiro atoms. The number of rotatable bonds is 2. The Morgan fingerprint density at radius 1 is 1.62 bits per heavy atom. The van der Waals surface area contributed by atoms with Gasteiger partial charge in [-0.2, -0.15) is 5.16 Å². The molecule has 1 fully saturated rings. The van der Waals surface area contributed by atoms with E-state index in [4.69, 9.17) is 4.52 Å². The van der Waals surface area contributed by atoms with Gasteiger partial charge >= 0.3 is 0 Å². The van der Waals surface area contributed by atoms with Crippen LogP contribution >= 0.6 is 0 Å². The molecule has 0 aromatic carbocycles. The van der Waals surface area contributed by atoms with Crippen LogP contribution < -0.4 is 5.56 Å². The van der Waals surface area contributed by atoms with Crippen molar-refractivity contribution in [3.05, 3.63) is 22.2 Å². The van der Waals surface area contributed by atoms with Crippen LogP contribution in [0.4, 0.5) is 8.78 Å². The van der Waals surface area contributed by atoms with Crippen molar-refractivity contribution < 1.29 is 13.3 Å². The predicted molar refractivity (Wildman–Crippen MR) is 53.7 cm³/mol. The Balaban J connectivity index is 2.11. The van der Waals surface area contributed by atoms with Crippen molar-refractivity contribution in [1.82, 2.24) is 10.1 Å². The topological polar surface area (TPSA) is 49.2 Å². The fourth-order valence-corrected chi connectivity index (χ4v) is 2.17. The van der Waals surface area contributed by atoms with Crippen molar-refractivity contribution in [1.29, 1.82) is 0 Å². The van der Waals surface area contributed by atoms with Gasteiger partial charge < -0.3 is 4.52 Å². The van der Waals surface area contributed by atoms with E-state index in [1.165, 1.54) is 6.07 Å². The third-order valence-corrected chi connectivity index (χ3v) is 3.16. The van der Waals surface area contributed by atoms with Gasteiger partial charge in [0.05, 0.1) is 6.04 Å². The molecular weight excluding hydrogens is 218 g/mol. The van der Waals surface area contributed by atoms with Crippen molar-refractivity contribution in [2.24, 2.45) is 0 Å². The van der Waals surface area contributed by atoms with Gasteiger partial charge in [0.15, 0.2) is 0 Å². The van der Waals surface area contributed by atoms with E-state index in [-0.39, 0.29) is 11.5 Å². The maximum absolute atomic E-state index is 12.7. The molecule has 0 aliphatic carbocycles. The van der Waals surface area contributed by atoms with E-state index < -0.39 is 12.5 Å². The number of nitrogens with zero attached hydrogens (tertiary/aromatic N) is 1. The molecule has 1 aromatic heterocycles. The summed E-state index contributed by atoms with van der Waals surface area (Å²) in [4.78, 5) is 12.6. The Morgan fingerprint density at radius 2 is 2.38 bits per heavy atom. The highest BCUT2D eigenvalue weighted by Crippen LogP contribution is 2.32. The molecule has 1 aromatic rings. The van der Waals surface area contributed by atoms with Crippen LogP contribution in [0.1, 0.15) is 24.5 Å². The summed E-state index contributed by atoms with van der Waals surface area (Å²) in [5.41, 5.74) is -0.317. The van der Waals surface area contributed by atoms with E-state index in [0.29, 0.717) is 18.7 Å². The Hall–Kier alpha value is -1.17. The van der Waals surface area contributed by atoms with Crippen LogP contribution in [0.3, 0.4) is 0 Å². The van der Waals surface area contributed by atoms with Crippen molar-refractivity contribution in [3.63, 3.8) is 0 Å². The van der Waals surface area contributed by atoms with Crippen molar-refractivity contribution in [2.45, 2.75) is 31.2 Å². The Labute approximate surface area is 91.2 Å². The fraction of sp³-hybridized carbons (Fsp3) is 0.700. The number of aromatic amines is 1. The third kappa shape index (κ3) is 2.16. The molecule has 1 N–H and O–H groups in total. The van der Waals surface area contributed by atoms with E-state index in [2.05, 4.69) is 5.16 Å². The first-order valence-corrected chi connectivity index (χ1v) is 5.24. The predicted octanol–water partition coefficient (Wildman–Crippen LogP) is 1.41. The number of hydrogen-bond acceptors (Lipinski definition) is 3. The molecule has 0 radical (unpaired) electrons. The highest BCUT2D eigenvalue weighted by molar-refractivity contribution is 5.05. The lowest BCUT2D eigenvalue weighted by molar-refractivity contribution is 0.00971. The molecule has 1 aliphatic rings. The van der Waals surface area contributed by atoms with Crippen molar-refractivity contribution in [2.75, 3.05) is 13.6 Å². The first-order valence-electron chi connectivity index (χ1n) is 5.24. The third-order valence-electron chi connectivity index (χ3n) is 3.16. The summed E-state index contributed by atoms with van der Waals surface area (Å²) >= 11 is 0. The summed E-state index contributed by atoms with van der Waals surface area (Å²) < 4.78 is 30.4. The van der Waals surface area contributed by atoms with Gasteiger partial charge in [0.1, 0.15) is 5.76 Å². The van der Waals surface area contributed by atoms with E-state index in [0.717, 1.165) is 6.42 Å². The van der Waals surface area contributed by atoms with Gasteiger partial charge in [-0.25, -0.2) is 8.78 Å². The summed E-state index contributed by atoms with van der Waals surface area (Å²) in [5.74, 6) is 0.401. The van der Waals surface area contributed by atoms with E-state index in [9.17, 15) is 13.6 Å². The second kappa shape index (κ2) is 4.37. The lowest BCUT2D eigenvalue weighted by atomic mass is 9.89. The second-order valence-electron chi connectivity index (χ2n) is 4.22. The first kappa shape index (κ1) is 11.3. The van der Waals surface area contributed by atoms with Crippen LogP contribution in [-0.4, -0.2) is 36.1 Å². The van der Waals surface area contributed by atoms with Gasteiger partial charge in [-0.1, -0.05) is 0 Å². The summed E-state index contributed by atoms with van der Waals surface area (Å²) in [5, 5.41) is 2.19. The Morgan fingerprint density at radius 3 is 2.94 bits per heavy atom. The van der Waals surface area contributed by atoms with Crippen LogP contribution in [0.2, 0.25) is 0 Å². The van der Waals surface area contributed by atoms with E-state index >= 15 is 0 Å². The molecule has 2 heterocycles. The molecule has 6 heteroatoms. The largest absolute Gasteiger partial charge is 0.383 e. The van der Waals surface area contributed by atoms with Crippen LogP contribution in [0, 0.1) is 0 Å². The molecule has 4 nitrogen and oxygen atoms in total. The summed E-state index contributed by atoms with van der Waals surface area (Å²) in [6, 6.07) is 0.595. The summed E-state index contributed by atoms with van der Waals surface area (Å²) in [6.07, 6.45) is -1.30. The van der Waals surface area contributed by atoms with E-state index in [1.54, 1.807) is 11.9 Å². The van der Waals surface area contributed by atoms with Gasteiger partial charge in [-0.15, -0.1) is 0 Å². The minimum Gasteiger partial charge on any atom is -0.383 e. The lowest BCUT2D eigenvalue weighted by Gasteiger charge is -2.35. The standard InChI is InChI=1S/C10H14F2N2O2/c1-14-3-2-6(4-7(14)10(11)12)8-5-9(15)13-16-8/h5-7,10H,2-4H2,1H3,(H,13,15)/t6-,7+/m0/s1. The normalized spacial score (nSPS) is 27.5. The van der Waals surface area contributed by atoms with Crippen LogP contribution in [0.15, 0.2) is 15.4 Å². The molecule has 2 atom stereocenters. The minimum absolute atomic E-state index is 0.0888. The monoisotopic (exact) mass is 232 g/mol. The average molecular weight is 232 g/mol. The van der Waals surface area contributed by atoms with Crippen LogP contribution in [-0.2, 0) is 0 Å². The molecule has 1 saturated heterocycles. The summed E-state index contributed by atoms with van der Waals surface area (Å²) in [6.45, 7) is 0.592. The highest BCUT2D eigenvalue weighted by atomic mass is 19.3. The zero-order valence-corrected chi connectivity index (χ0v) is 8.95. The maximum Gasteiger partial charge on any atom is 0.280 e. The Kier molecular flexibility index (Phi) is 3.09. The van der Waals surface area contributed by atoms with Gasteiger partial charge in [0.25, 0.3) is 12.0 Å². The SMILES string of the molecule is CN1CC[C@H](c2cc(=O)[nH]o2)C[C@@H]1C(F)F. The second-order valence-corrected chi connectivity index (χ2v) is 4.22. The zero-order chi connectivity index (χ0) is 11.7. The van der Waals surface area contributed by atoms with Gasteiger partial charge in [0.2, 0.25) is 0 Å². The number of piperidine rings is 1. The average Bonchev–Trinajstić information content (AvgIpc) is 2.65. The smallest absolute Gasteiger partial charge is 0.280 e. The van der Waals surface area contributed by atoms with Gasteiger partial charge in [0, 0.05) is 12.0 Å². The number of alkyl halides is 2. The van der Waals surface area contributed by atoms with Crippen LogP contribution in [0.5, 0.6) is 0 Å². The zero-order valence-electron chi connectivity index (χ0n) is 8.95. The van der Waals surface area contributed by atoms with E-state index in [1.807, 2.05) is 0 Å². The lowest BCUT2D eigenvalue weighted by Crippen LogP contribution is -2.43. The number of nitrogens with one attached hydrogen (secondary N) is 1. The number of likely N-dealkylation sites (tertiary alicyclic amines) is 1. The number of aromatic nitrogens is 1. The molecule has 16 heavy (non-hydrogen) atoms. The molecule has 0 bridgehead atoms. The molecule has 90 valence electrons. The molecule has 1 aliphatic heterocycles. The van der Waals surface area contributed by atoms with Crippen molar-refractivity contribution in [3.8, 4) is 0 Å². The molecule has 0 amide bonds. The number of hydrogen-bond donors (Lipinski definition) is 1. The Bertz CT molecular complexity index is 402. The molecular formula is C10H14F2N2O2. The van der Waals surface area contributed by atoms with Gasteiger partial charge in [-0.05, 0) is 26.4 Å². The quantitative estimate of drug-likeness (QED) is 0.838. The van der Waals surface area contributed by atoms with Crippen molar-refractivity contribution >= 4 is 0 Å². The minimum atomic E-state index is -2.36. The molecule has 0 unspecified atom stereocenters. The highest BCUT2D eigenvalue weighted by Gasteiger charge is 2.34. The maximum atomic E-state index is 12.7. The number of H-pyrrole nitrogens is 1. The first-order chi connectivity index (χ1) is 7.58.